The Morgan fingerprint density at radius 1 is 0.438 bits per heavy atom. The van der Waals surface area contributed by atoms with Gasteiger partial charge in [-0.05, 0) is 89.9 Å². The van der Waals surface area contributed by atoms with E-state index in [4.69, 9.17) is 4.74 Å². The topological polar surface area (TPSA) is 95.9 Å². The highest BCUT2D eigenvalue weighted by molar-refractivity contribution is 5.76. The van der Waals surface area contributed by atoms with E-state index in [0.717, 1.165) is 70.6 Å². The molecule has 0 aromatic rings. The van der Waals surface area contributed by atoms with Crippen LogP contribution >= 0.6 is 0 Å². The lowest BCUT2D eigenvalue weighted by molar-refractivity contribution is -0.143. The van der Waals surface area contributed by atoms with Gasteiger partial charge in [-0.3, -0.25) is 9.59 Å². The Kier molecular flexibility index (Phi) is 51.6. The van der Waals surface area contributed by atoms with Crippen molar-refractivity contribution in [3.8, 4) is 0 Å². The Bertz CT molecular complexity index is 1080. The van der Waals surface area contributed by atoms with Gasteiger partial charge in [0.25, 0.3) is 0 Å². The zero-order valence-corrected chi connectivity index (χ0v) is 42.5. The molecule has 2 unspecified atom stereocenters. The number of amides is 1. The molecule has 374 valence electrons. The number of allylic oxidation sites excluding steroid dienone is 7. The predicted octanol–water partition coefficient (Wildman–Crippen LogP) is 17.0. The first-order valence-corrected chi connectivity index (χ1v) is 27.9. The van der Waals surface area contributed by atoms with Gasteiger partial charge < -0.3 is 20.3 Å². The summed E-state index contributed by atoms with van der Waals surface area (Å²) in [5, 5.41) is 23.0. The third-order valence-electron chi connectivity index (χ3n) is 12.6. The van der Waals surface area contributed by atoms with Crippen LogP contribution in [0.3, 0.4) is 0 Å². The molecule has 0 aliphatic rings. The minimum Gasteiger partial charge on any atom is -0.466 e. The number of rotatable bonds is 51. The lowest BCUT2D eigenvalue weighted by atomic mass is 10.0. The van der Waals surface area contributed by atoms with E-state index in [1.54, 1.807) is 6.08 Å². The molecule has 3 N–H and O–H groups in total. The summed E-state index contributed by atoms with van der Waals surface area (Å²) in [4.78, 5) is 24.5. The van der Waals surface area contributed by atoms with Gasteiger partial charge in [-0.15, -0.1) is 0 Å². The molecule has 2 atom stereocenters. The molecule has 0 fully saturated rings. The molecule has 0 rings (SSSR count). The van der Waals surface area contributed by atoms with Gasteiger partial charge in [0.15, 0.2) is 0 Å². The Balaban J connectivity index is 3.48. The molecule has 0 spiro atoms. The van der Waals surface area contributed by atoms with E-state index in [0.29, 0.717) is 19.4 Å². The molecule has 6 nitrogen and oxygen atoms in total. The number of aliphatic hydroxyl groups is 2. The third-order valence-corrected chi connectivity index (χ3v) is 12.6. The summed E-state index contributed by atoms with van der Waals surface area (Å²) < 4.78 is 5.47. The summed E-state index contributed by atoms with van der Waals surface area (Å²) >= 11 is 0. The van der Waals surface area contributed by atoms with Crippen LogP contribution in [0.4, 0.5) is 0 Å². The van der Waals surface area contributed by atoms with Crippen LogP contribution < -0.4 is 5.32 Å². The average molecular weight is 898 g/mol. The molecule has 0 aliphatic heterocycles. The van der Waals surface area contributed by atoms with E-state index in [1.165, 1.54) is 186 Å². The lowest BCUT2D eigenvalue weighted by Crippen LogP contribution is -2.45. The van der Waals surface area contributed by atoms with Crippen LogP contribution in [-0.2, 0) is 14.3 Å². The fourth-order valence-electron chi connectivity index (χ4n) is 8.25. The van der Waals surface area contributed by atoms with Crippen LogP contribution in [0.15, 0.2) is 48.6 Å². The Morgan fingerprint density at radius 2 is 0.781 bits per heavy atom. The molecule has 0 bridgehead atoms. The van der Waals surface area contributed by atoms with E-state index in [2.05, 4.69) is 55.6 Å². The number of ether oxygens (including phenoxy) is 1. The van der Waals surface area contributed by atoms with Crippen molar-refractivity contribution >= 4 is 11.9 Å². The van der Waals surface area contributed by atoms with Gasteiger partial charge in [0.1, 0.15) is 0 Å². The SMILES string of the molecule is CCCCCC/C=C\C/C=C\CCCCCCCC(=O)OCCCCCCCCCCC/C=C\CCCCCCCC(=O)NC(CO)C(O)/C=C/CCCCCCCCCCCCC. The summed E-state index contributed by atoms with van der Waals surface area (Å²) in [6, 6.07) is -0.638. The zero-order chi connectivity index (χ0) is 46.5. The van der Waals surface area contributed by atoms with Crippen molar-refractivity contribution < 1.29 is 24.5 Å². The molecule has 0 saturated heterocycles. The molecule has 0 heterocycles. The molecule has 0 aromatic heterocycles. The second kappa shape index (κ2) is 53.4. The fourth-order valence-corrected chi connectivity index (χ4v) is 8.25. The van der Waals surface area contributed by atoms with Crippen LogP contribution in [0.25, 0.3) is 0 Å². The van der Waals surface area contributed by atoms with E-state index in [-0.39, 0.29) is 18.5 Å². The van der Waals surface area contributed by atoms with Crippen molar-refractivity contribution in [2.75, 3.05) is 13.2 Å². The number of unbranched alkanes of at least 4 members (excludes halogenated alkanes) is 34. The van der Waals surface area contributed by atoms with Gasteiger partial charge >= 0.3 is 5.97 Å². The van der Waals surface area contributed by atoms with Crippen molar-refractivity contribution in [2.45, 2.75) is 296 Å². The maximum atomic E-state index is 12.4. The highest BCUT2D eigenvalue weighted by Gasteiger charge is 2.18. The van der Waals surface area contributed by atoms with Crippen molar-refractivity contribution in [1.29, 1.82) is 0 Å². The van der Waals surface area contributed by atoms with Gasteiger partial charge in [-0.2, -0.15) is 0 Å². The summed E-state index contributed by atoms with van der Waals surface area (Å²) in [7, 11) is 0. The number of hydrogen-bond donors (Lipinski definition) is 3. The van der Waals surface area contributed by atoms with Crippen LogP contribution in [0.5, 0.6) is 0 Å². The second-order valence-corrected chi connectivity index (χ2v) is 18.9. The Labute approximate surface area is 397 Å². The van der Waals surface area contributed by atoms with Gasteiger partial charge in [0, 0.05) is 12.8 Å². The van der Waals surface area contributed by atoms with Gasteiger partial charge in [-0.1, -0.05) is 229 Å². The fraction of sp³-hybridized carbons (Fsp3) is 0.828. The predicted molar refractivity (Wildman–Crippen MR) is 278 cm³/mol. The molecular formula is C58H107NO5. The smallest absolute Gasteiger partial charge is 0.305 e. The van der Waals surface area contributed by atoms with Crippen LogP contribution in [-0.4, -0.2) is 47.4 Å². The summed E-state index contributed by atoms with van der Waals surface area (Å²) in [5.41, 5.74) is 0. The molecule has 0 radical (unpaired) electrons. The lowest BCUT2D eigenvalue weighted by Gasteiger charge is -2.20. The van der Waals surface area contributed by atoms with Gasteiger partial charge in [0.2, 0.25) is 5.91 Å². The zero-order valence-electron chi connectivity index (χ0n) is 42.5. The largest absolute Gasteiger partial charge is 0.466 e. The molecular weight excluding hydrogens is 791 g/mol. The van der Waals surface area contributed by atoms with E-state index < -0.39 is 12.1 Å². The van der Waals surface area contributed by atoms with Crippen molar-refractivity contribution in [2.24, 2.45) is 0 Å². The minimum atomic E-state index is -0.853. The normalized spacial score (nSPS) is 13.0. The number of carbonyl (C=O) groups excluding carboxylic acids is 2. The van der Waals surface area contributed by atoms with E-state index in [9.17, 15) is 19.8 Å². The molecule has 0 aliphatic carbocycles. The van der Waals surface area contributed by atoms with Crippen LogP contribution in [0.1, 0.15) is 284 Å². The number of nitrogens with one attached hydrogen (secondary N) is 1. The van der Waals surface area contributed by atoms with Gasteiger partial charge in [0.05, 0.1) is 25.4 Å². The highest BCUT2D eigenvalue weighted by atomic mass is 16.5. The Hall–Kier alpha value is -2.18. The van der Waals surface area contributed by atoms with Crippen molar-refractivity contribution in [1.82, 2.24) is 5.32 Å². The Morgan fingerprint density at radius 3 is 1.22 bits per heavy atom. The minimum absolute atomic E-state index is 0.0121. The van der Waals surface area contributed by atoms with Crippen molar-refractivity contribution in [3.63, 3.8) is 0 Å². The van der Waals surface area contributed by atoms with Crippen LogP contribution in [0, 0.1) is 0 Å². The molecule has 0 saturated carbocycles. The quantitative estimate of drug-likeness (QED) is 0.0321. The standard InChI is InChI=1S/C58H107NO5/c1-3-5-7-9-11-13-15-17-18-24-28-32-36-40-44-48-52-58(63)64-53-49-45-41-37-33-29-25-22-20-19-21-23-27-31-35-39-43-47-51-57(62)59-55(54-60)56(61)50-46-42-38-34-30-26-16-14-12-10-8-6-4-2/h13,15,18,21,23-24,46,50,55-56,60-61H,3-12,14,16-17,19-20,22,25-45,47-49,51-54H2,1-2H3,(H,59,62)/b15-13-,23-21-,24-18-,50-46+. The monoisotopic (exact) mass is 898 g/mol. The molecule has 6 heteroatoms. The summed E-state index contributed by atoms with van der Waals surface area (Å²) in [6.07, 6.45) is 66.9. The first-order chi connectivity index (χ1) is 31.5. The van der Waals surface area contributed by atoms with Crippen LogP contribution in [0.2, 0.25) is 0 Å². The highest BCUT2D eigenvalue weighted by Crippen LogP contribution is 2.15. The number of aliphatic hydroxyl groups excluding tert-OH is 2. The average Bonchev–Trinajstić information content (AvgIpc) is 3.29. The van der Waals surface area contributed by atoms with E-state index in [1.807, 2.05) is 6.08 Å². The maximum Gasteiger partial charge on any atom is 0.305 e. The summed E-state index contributed by atoms with van der Waals surface area (Å²) in [5.74, 6) is -0.0959. The first-order valence-electron chi connectivity index (χ1n) is 27.9. The molecule has 1 amide bonds. The summed E-state index contributed by atoms with van der Waals surface area (Å²) in [6.45, 7) is 4.85. The third kappa shape index (κ3) is 49.3. The number of esters is 1. The maximum absolute atomic E-state index is 12.4. The molecule has 0 aromatic carbocycles. The molecule has 64 heavy (non-hydrogen) atoms. The van der Waals surface area contributed by atoms with Crippen molar-refractivity contribution in [3.05, 3.63) is 48.6 Å². The number of hydrogen-bond acceptors (Lipinski definition) is 5. The van der Waals surface area contributed by atoms with E-state index >= 15 is 0 Å². The second-order valence-electron chi connectivity index (χ2n) is 18.9. The van der Waals surface area contributed by atoms with Gasteiger partial charge in [-0.25, -0.2) is 0 Å². The number of carbonyl (C=O) groups is 2. The first kappa shape index (κ1) is 61.8.